The second-order valence-electron chi connectivity index (χ2n) is 3.52. The molecule has 1 aromatic heterocycles. The van der Waals surface area contributed by atoms with E-state index in [2.05, 4.69) is 25.9 Å². The number of carbonyl (C=O) groups excluding carboxylic acids is 1. The molecular formula is C10H9F2N5O. The Bertz CT molecular complexity index is 543. The van der Waals surface area contributed by atoms with Crippen molar-refractivity contribution in [3.8, 4) is 0 Å². The fourth-order valence-electron chi connectivity index (χ4n) is 1.34. The minimum Gasteiger partial charge on any atom is -0.348 e. The molecule has 0 aliphatic rings. The third kappa shape index (κ3) is 3.06. The van der Waals surface area contributed by atoms with Crippen LogP contribution in [-0.2, 0) is 17.8 Å². The molecule has 0 aliphatic carbocycles. The molecule has 1 amide bonds. The molecule has 0 saturated heterocycles. The van der Waals surface area contributed by atoms with Gasteiger partial charge in [0.2, 0.25) is 5.91 Å². The van der Waals surface area contributed by atoms with Crippen LogP contribution in [0.15, 0.2) is 18.2 Å². The van der Waals surface area contributed by atoms with E-state index in [1.165, 1.54) is 6.07 Å². The molecule has 1 aromatic carbocycles. The van der Waals surface area contributed by atoms with Gasteiger partial charge in [-0.05, 0) is 11.6 Å². The maximum absolute atomic E-state index is 13.3. The van der Waals surface area contributed by atoms with Crippen molar-refractivity contribution in [2.45, 2.75) is 13.0 Å². The number of amides is 1. The van der Waals surface area contributed by atoms with E-state index < -0.39 is 17.5 Å². The second-order valence-corrected chi connectivity index (χ2v) is 3.52. The van der Waals surface area contributed by atoms with Crippen LogP contribution >= 0.6 is 0 Å². The number of H-pyrrole nitrogens is 1. The molecule has 1 heterocycles. The van der Waals surface area contributed by atoms with Crippen LogP contribution < -0.4 is 5.32 Å². The molecule has 94 valence electrons. The Morgan fingerprint density at radius 2 is 2.22 bits per heavy atom. The fourth-order valence-corrected chi connectivity index (χ4v) is 1.34. The summed E-state index contributed by atoms with van der Waals surface area (Å²) in [6.45, 7) is 0.0954. The van der Waals surface area contributed by atoms with Crippen molar-refractivity contribution >= 4 is 5.91 Å². The van der Waals surface area contributed by atoms with Crippen LogP contribution in [0.2, 0.25) is 0 Å². The first-order chi connectivity index (χ1) is 8.65. The van der Waals surface area contributed by atoms with E-state index in [4.69, 9.17) is 0 Å². The van der Waals surface area contributed by atoms with Gasteiger partial charge in [-0.15, -0.1) is 10.2 Å². The number of rotatable bonds is 4. The summed E-state index contributed by atoms with van der Waals surface area (Å²) in [5, 5.41) is 15.3. The van der Waals surface area contributed by atoms with E-state index in [0.29, 0.717) is 5.82 Å². The van der Waals surface area contributed by atoms with Gasteiger partial charge in [-0.1, -0.05) is 11.3 Å². The van der Waals surface area contributed by atoms with Crippen LogP contribution in [0, 0.1) is 11.6 Å². The molecule has 0 fully saturated rings. The third-order valence-electron chi connectivity index (χ3n) is 2.20. The Hall–Kier alpha value is -2.38. The van der Waals surface area contributed by atoms with Crippen molar-refractivity contribution in [1.29, 1.82) is 0 Å². The Kier molecular flexibility index (Phi) is 3.56. The first-order valence-corrected chi connectivity index (χ1v) is 5.08. The number of hydrogen-bond donors (Lipinski definition) is 2. The normalized spacial score (nSPS) is 10.3. The van der Waals surface area contributed by atoms with Gasteiger partial charge in [0.25, 0.3) is 0 Å². The number of hydrogen-bond acceptors (Lipinski definition) is 4. The highest BCUT2D eigenvalue weighted by Crippen LogP contribution is 2.09. The van der Waals surface area contributed by atoms with Crippen LogP contribution in [0.4, 0.5) is 8.78 Å². The van der Waals surface area contributed by atoms with Crippen molar-refractivity contribution in [1.82, 2.24) is 25.9 Å². The number of nitrogens with zero attached hydrogens (tertiary/aromatic N) is 3. The summed E-state index contributed by atoms with van der Waals surface area (Å²) in [7, 11) is 0. The quantitative estimate of drug-likeness (QED) is 0.822. The Morgan fingerprint density at radius 1 is 1.39 bits per heavy atom. The summed E-state index contributed by atoms with van der Waals surface area (Å²) in [5.74, 6) is -1.51. The lowest BCUT2D eigenvalue weighted by Gasteiger charge is -2.04. The summed E-state index contributed by atoms with van der Waals surface area (Å²) in [4.78, 5) is 11.5. The molecule has 2 rings (SSSR count). The topological polar surface area (TPSA) is 83.6 Å². The molecule has 0 saturated carbocycles. The highest BCUT2D eigenvalue weighted by molar-refractivity contribution is 5.78. The molecule has 8 heteroatoms. The summed E-state index contributed by atoms with van der Waals surface area (Å²) < 4.78 is 25.9. The smallest absolute Gasteiger partial charge is 0.224 e. The number of nitrogens with one attached hydrogen (secondary N) is 2. The number of aromatic amines is 1. The molecule has 2 N–H and O–H groups in total. The maximum Gasteiger partial charge on any atom is 0.224 e. The fraction of sp³-hybridized carbons (Fsp3) is 0.200. The standard InChI is InChI=1S/C10H9F2N5O/c11-7-2-1-6(8(12)4-7)3-10(18)13-5-9-14-16-17-15-9/h1-2,4H,3,5H2,(H,13,18)(H,14,15,16,17). The molecular weight excluding hydrogens is 244 g/mol. The van der Waals surface area contributed by atoms with Gasteiger partial charge in [0.05, 0.1) is 13.0 Å². The van der Waals surface area contributed by atoms with Gasteiger partial charge in [-0.2, -0.15) is 5.21 Å². The summed E-state index contributed by atoms with van der Waals surface area (Å²) in [6.07, 6.45) is -0.177. The third-order valence-corrected chi connectivity index (χ3v) is 2.20. The monoisotopic (exact) mass is 253 g/mol. The van der Waals surface area contributed by atoms with Gasteiger partial charge < -0.3 is 5.32 Å². The Morgan fingerprint density at radius 3 is 2.89 bits per heavy atom. The molecule has 0 bridgehead atoms. The van der Waals surface area contributed by atoms with Crippen LogP contribution in [0.3, 0.4) is 0 Å². The van der Waals surface area contributed by atoms with Gasteiger partial charge in [-0.3, -0.25) is 4.79 Å². The van der Waals surface area contributed by atoms with E-state index >= 15 is 0 Å². The van der Waals surface area contributed by atoms with Gasteiger partial charge in [0.15, 0.2) is 5.82 Å². The summed E-state index contributed by atoms with van der Waals surface area (Å²) in [6, 6.07) is 3.07. The minimum absolute atomic E-state index is 0.0954. The molecule has 0 aliphatic heterocycles. The first kappa shape index (κ1) is 12.1. The van der Waals surface area contributed by atoms with E-state index in [1.54, 1.807) is 0 Å². The Labute approximate surface area is 100 Å². The zero-order valence-electron chi connectivity index (χ0n) is 9.15. The van der Waals surface area contributed by atoms with Gasteiger partial charge >= 0.3 is 0 Å². The maximum atomic E-state index is 13.3. The lowest BCUT2D eigenvalue weighted by molar-refractivity contribution is -0.120. The number of halogens is 2. The minimum atomic E-state index is -0.746. The lowest BCUT2D eigenvalue weighted by atomic mass is 10.1. The van der Waals surface area contributed by atoms with Crippen LogP contribution in [-0.4, -0.2) is 26.5 Å². The lowest BCUT2D eigenvalue weighted by Crippen LogP contribution is -2.25. The van der Waals surface area contributed by atoms with Gasteiger partial charge in [0, 0.05) is 6.07 Å². The predicted octanol–water partition coefficient (Wildman–Crippen LogP) is 0.337. The van der Waals surface area contributed by atoms with Gasteiger partial charge in [-0.25, -0.2) is 8.78 Å². The van der Waals surface area contributed by atoms with E-state index in [0.717, 1.165) is 12.1 Å². The first-order valence-electron chi connectivity index (χ1n) is 5.08. The SMILES string of the molecule is O=C(Cc1ccc(F)cc1F)NCc1nn[nH]n1. The molecule has 0 atom stereocenters. The summed E-state index contributed by atoms with van der Waals surface area (Å²) >= 11 is 0. The highest BCUT2D eigenvalue weighted by Gasteiger charge is 2.09. The zero-order chi connectivity index (χ0) is 13.0. The summed E-state index contributed by atoms with van der Waals surface area (Å²) in [5.41, 5.74) is 0.127. The molecule has 6 nitrogen and oxygen atoms in total. The molecule has 0 unspecified atom stereocenters. The average molecular weight is 253 g/mol. The zero-order valence-corrected chi connectivity index (χ0v) is 9.15. The van der Waals surface area contributed by atoms with Crippen LogP contribution in [0.5, 0.6) is 0 Å². The number of tetrazole rings is 1. The van der Waals surface area contributed by atoms with Crippen molar-refractivity contribution in [3.05, 3.63) is 41.2 Å². The van der Waals surface area contributed by atoms with E-state index in [-0.39, 0.29) is 18.5 Å². The molecule has 0 spiro atoms. The van der Waals surface area contributed by atoms with Crippen LogP contribution in [0.1, 0.15) is 11.4 Å². The number of aromatic nitrogens is 4. The van der Waals surface area contributed by atoms with Crippen molar-refractivity contribution in [3.63, 3.8) is 0 Å². The van der Waals surface area contributed by atoms with Gasteiger partial charge in [0.1, 0.15) is 11.6 Å². The van der Waals surface area contributed by atoms with Crippen molar-refractivity contribution < 1.29 is 13.6 Å². The van der Waals surface area contributed by atoms with Crippen LogP contribution in [0.25, 0.3) is 0 Å². The molecule has 18 heavy (non-hydrogen) atoms. The van der Waals surface area contributed by atoms with E-state index in [1.807, 2.05) is 0 Å². The number of benzene rings is 1. The second kappa shape index (κ2) is 5.30. The van der Waals surface area contributed by atoms with E-state index in [9.17, 15) is 13.6 Å². The largest absolute Gasteiger partial charge is 0.348 e. The Balaban J connectivity index is 1.91. The van der Waals surface area contributed by atoms with Crippen molar-refractivity contribution in [2.75, 3.05) is 0 Å². The van der Waals surface area contributed by atoms with Crippen molar-refractivity contribution in [2.24, 2.45) is 0 Å². The predicted molar refractivity (Wildman–Crippen MR) is 56.1 cm³/mol. The number of carbonyl (C=O) groups is 1. The molecule has 0 radical (unpaired) electrons. The highest BCUT2D eigenvalue weighted by atomic mass is 19.1. The molecule has 2 aromatic rings. The average Bonchev–Trinajstić information content (AvgIpc) is 2.83.